The van der Waals surface area contributed by atoms with Crippen LogP contribution in [0.4, 0.5) is 10.7 Å². The molecule has 4 rings (SSSR count). The molecule has 7 nitrogen and oxygen atoms in total. The van der Waals surface area contributed by atoms with Crippen LogP contribution < -0.4 is 21.1 Å². The lowest BCUT2D eigenvalue weighted by Crippen LogP contribution is -2.43. The van der Waals surface area contributed by atoms with Gasteiger partial charge in [0.15, 0.2) is 5.78 Å². The minimum atomic E-state index is -0.0584. The van der Waals surface area contributed by atoms with Gasteiger partial charge in [0.05, 0.1) is 34.1 Å². The fraction of sp³-hybridized carbons (Fsp3) is 0.350. The van der Waals surface area contributed by atoms with Gasteiger partial charge >= 0.3 is 0 Å². The maximum Gasteiger partial charge on any atom is 0.172 e. The molecule has 0 aliphatic carbocycles. The van der Waals surface area contributed by atoms with Crippen LogP contribution in [0.2, 0.25) is 0 Å². The van der Waals surface area contributed by atoms with Crippen LogP contribution in [0.25, 0.3) is 10.2 Å². The molecule has 0 amide bonds. The fourth-order valence-corrected chi connectivity index (χ4v) is 4.69. The van der Waals surface area contributed by atoms with Gasteiger partial charge in [0, 0.05) is 55.3 Å². The minimum Gasteiger partial charge on any atom is -0.495 e. The van der Waals surface area contributed by atoms with E-state index in [0.29, 0.717) is 21.8 Å². The van der Waals surface area contributed by atoms with Gasteiger partial charge in [-0.1, -0.05) is 0 Å². The quantitative estimate of drug-likeness (QED) is 0.637. The van der Waals surface area contributed by atoms with E-state index in [1.165, 1.54) is 11.3 Å². The van der Waals surface area contributed by atoms with E-state index in [9.17, 15) is 4.79 Å². The van der Waals surface area contributed by atoms with Crippen molar-refractivity contribution >= 4 is 38.0 Å². The molecular weight excluding hydrogens is 374 g/mol. The van der Waals surface area contributed by atoms with Gasteiger partial charge in [-0.15, -0.1) is 11.3 Å². The molecule has 28 heavy (non-hydrogen) atoms. The number of nitrogens with two attached hydrogens (primary N) is 2. The molecule has 1 aliphatic rings. The lowest BCUT2D eigenvalue weighted by molar-refractivity contribution is 0.0995. The summed E-state index contributed by atoms with van der Waals surface area (Å²) in [5.74, 6) is 0.584. The summed E-state index contributed by atoms with van der Waals surface area (Å²) in [4.78, 5) is 24.0. The number of anilines is 2. The number of carbonyl (C=O) groups is 1. The Morgan fingerprint density at radius 3 is 3.07 bits per heavy atom. The van der Waals surface area contributed by atoms with Crippen molar-refractivity contribution < 1.29 is 9.53 Å². The van der Waals surface area contributed by atoms with Crippen LogP contribution in [-0.4, -0.2) is 42.0 Å². The van der Waals surface area contributed by atoms with E-state index < -0.39 is 0 Å². The van der Waals surface area contributed by atoms with Crippen molar-refractivity contribution in [1.82, 2.24) is 9.97 Å². The number of ketones is 1. The molecule has 0 aromatic carbocycles. The molecule has 0 spiro atoms. The standard InChI is InChI=1S/C20H23N5O2S/c1-27-14-8-17-19(24-10-14)18(20(22)28-17)16(26)7-12-9-23-5-4-15(12)25-6-2-3-13(21)11-25/h4-5,8-10,13H,2-3,6-7,11,21-22H2,1H3/t13-/m0/s1. The summed E-state index contributed by atoms with van der Waals surface area (Å²) in [6.07, 6.45) is 7.42. The number of thiophene rings is 1. The first-order valence-corrected chi connectivity index (χ1v) is 10.1. The Morgan fingerprint density at radius 2 is 2.29 bits per heavy atom. The monoisotopic (exact) mass is 397 g/mol. The molecule has 0 saturated carbocycles. The third-order valence-corrected chi connectivity index (χ3v) is 6.03. The molecule has 1 aliphatic heterocycles. The third-order valence-electron chi connectivity index (χ3n) is 5.07. The number of pyridine rings is 2. The Morgan fingerprint density at radius 1 is 1.43 bits per heavy atom. The van der Waals surface area contributed by atoms with Crippen LogP contribution in [0.3, 0.4) is 0 Å². The summed E-state index contributed by atoms with van der Waals surface area (Å²) in [6.45, 7) is 1.72. The van der Waals surface area contributed by atoms with Crippen LogP contribution >= 0.6 is 11.3 Å². The summed E-state index contributed by atoms with van der Waals surface area (Å²) in [7, 11) is 1.59. The number of hydrogen-bond acceptors (Lipinski definition) is 8. The van der Waals surface area contributed by atoms with Crippen LogP contribution in [0.5, 0.6) is 5.75 Å². The minimum absolute atomic E-state index is 0.0584. The highest BCUT2D eigenvalue weighted by molar-refractivity contribution is 7.23. The van der Waals surface area contributed by atoms with Crippen LogP contribution in [0.15, 0.2) is 30.7 Å². The number of Topliss-reactive ketones (excluding diaryl/α,β-unsaturated/α-hetero) is 1. The second kappa shape index (κ2) is 7.73. The van der Waals surface area contributed by atoms with Crippen molar-refractivity contribution in [1.29, 1.82) is 0 Å². The molecule has 4 N–H and O–H groups in total. The number of nitrogens with zero attached hydrogens (tertiary/aromatic N) is 3. The number of rotatable bonds is 5. The highest BCUT2D eigenvalue weighted by Gasteiger charge is 2.23. The maximum atomic E-state index is 13.1. The van der Waals surface area contributed by atoms with Crippen molar-refractivity contribution in [2.45, 2.75) is 25.3 Å². The summed E-state index contributed by atoms with van der Waals surface area (Å²) < 4.78 is 6.05. The van der Waals surface area contributed by atoms with Gasteiger partial charge in [0.1, 0.15) is 5.75 Å². The molecule has 4 heterocycles. The molecule has 1 saturated heterocycles. The first kappa shape index (κ1) is 18.6. The second-order valence-electron chi connectivity index (χ2n) is 7.02. The van der Waals surface area contributed by atoms with Crippen LogP contribution in [0.1, 0.15) is 28.8 Å². The third kappa shape index (κ3) is 3.53. The van der Waals surface area contributed by atoms with E-state index >= 15 is 0 Å². The lowest BCUT2D eigenvalue weighted by Gasteiger charge is -2.33. The molecule has 8 heteroatoms. The van der Waals surface area contributed by atoms with E-state index in [0.717, 1.165) is 41.9 Å². The highest BCUT2D eigenvalue weighted by atomic mass is 32.1. The topological polar surface area (TPSA) is 107 Å². The highest BCUT2D eigenvalue weighted by Crippen LogP contribution is 2.35. The fourth-order valence-electron chi connectivity index (χ4n) is 3.71. The number of carbonyl (C=O) groups excluding carboxylic acids is 1. The molecule has 146 valence electrons. The molecule has 1 atom stereocenters. The zero-order valence-electron chi connectivity index (χ0n) is 15.7. The Balaban J connectivity index is 1.65. The zero-order chi connectivity index (χ0) is 19.7. The van der Waals surface area contributed by atoms with Crippen molar-refractivity contribution in [3.63, 3.8) is 0 Å². The number of piperidine rings is 1. The van der Waals surface area contributed by atoms with E-state index in [1.54, 1.807) is 25.7 Å². The molecule has 3 aromatic rings. The van der Waals surface area contributed by atoms with Crippen LogP contribution in [0, 0.1) is 0 Å². The number of fused-ring (bicyclic) bond motifs is 1. The first-order valence-electron chi connectivity index (χ1n) is 9.25. The normalized spacial score (nSPS) is 17.1. The van der Waals surface area contributed by atoms with Gasteiger partial charge in [-0.3, -0.25) is 14.8 Å². The van der Waals surface area contributed by atoms with Gasteiger partial charge < -0.3 is 21.1 Å². The Kier molecular flexibility index (Phi) is 5.15. The second-order valence-corrected chi connectivity index (χ2v) is 8.10. The van der Waals surface area contributed by atoms with Gasteiger partial charge in [0.2, 0.25) is 0 Å². The van der Waals surface area contributed by atoms with Crippen LogP contribution in [-0.2, 0) is 6.42 Å². The van der Waals surface area contributed by atoms with E-state index in [1.807, 2.05) is 12.1 Å². The predicted molar refractivity (Wildman–Crippen MR) is 112 cm³/mol. The van der Waals surface area contributed by atoms with E-state index in [-0.39, 0.29) is 18.2 Å². The van der Waals surface area contributed by atoms with Gasteiger partial charge in [-0.25, -0.2) is 0 Å². The predicted octanol–water partition coefficient (Wildman–Crippen LogP) is 2.63. The van der Waals surface area contributed by atoms with Gasteiger partial charge in [-0.05, 0) is 18.9 Å². The van der Waals surface area contributed by atoms with Crippen molar-refractivity contribution in [3.05, 3.63) is 41.9 Å². The number of aromatic nitrogens is 2. The van der Waals surface area contributed by atoms with E-state index in [2.05, 4.69) is 14.9 Å². The number of ether oxygens (including phenoxy) is 1. The Bertz CT molecular complexity index is 1020. The Hall–Kier alpha value is -2.71. The summed E-state index contributed by atoms with van der Waals surface area (Å²) in [5.41, 5.74) is 15.3. The smallest absolute Gasteiger partial charge is 0.172 e. The average Bonchev–Trinajstić information content (AvgIpc) is 3.03. The summed E-state index contributed by atoms with van der Waals surface area (Å²) in [6, 6.07) is 3.96. The molecular formula is C20H23N5O2S. The largest absolute Gasteiger partial charge is 0.495 e. The summed E-state index contributed by atoms with van der Waals surface area (Å²) in [5, 5.41) is 0.478. The van der Waals surface area contributed by atoms with Crippen molar-refractivity contribution in [2.24, 2.45) is 5.73 Å². The first-order chi connectivity index (χ1) is 13.6. The van der Waals surface area contributed by atoms with Crippen molar-refractivity contribution in [3.8, 4) is 5.75 Å². The van der Waals surface area contributed by atoms with E-state index in [4.69, 9.17) is 16.2 Å². The summed E-state index contributed by atoms with van der Waals surface area (Å²) >= 11 is 1.35. The molecule has 0 unspecified atom stereocenters. The molecule has 3 aromatic heterocycles. The average molecular weight is 398 g/mol. The van der Waals surface area contributed by atoms with Gasteiger partial charge in [0.25, 0.3) is 0 Å². The molecule has 0 bridgehead atoms. The SMILES string of the molecule is COc1cnc2c(C(=O)Cc3cnccc3N3CCC[C@H](N)C3)c(N)sc2c1. The number of nitrogen functional groups attached to an aromatic ring is 1. The zero-order valence-corrected chi connectivity index (χ0v) is 16.5. The number of hydrogen-bond donors (Lipinski definition) is 2. The lowest BCUT2D eigenvalue weighted by atomic mass is 10.0. The molecule has 1 fully saturated rings. The van der Waals surface area contributed by atoms with Gasteiger partial charge in [-0.2, -0.15) is 0 Å². The van der Waals surface area contributed by atoms with Crippen molar-refractivity contribution in [2.75, 3.05) is 30.8 Å². The number of methoxy groups -OCH3 is 1. The Labute approximate surface area is 167 Å². The molecule has 0 radical (unpaired) electrons. The maximum absolute atomic E-state index is 13.1.